The molecule has 2 heterocycles. The average Bonchev–Trinajstić information content (AvgIpc) is 3.08. The van der Waals surface area contributed by atoms with E-state index in [1.807, 2.05) is 4.90 Å². The summed E-state index contributed by atoms with van der Waals surface area (Å²) in [5, 5.41) is 0. The molecular weight excluding hydrogens is 299 g/mol. The SMILES string of the molecule is CC(=O)c1c(F)cccc1N1CCN(C(=O)c2ccoc2)CC1. The van der Waals surface area contributed by atoms with Gasteiger partial charge in [0.05, 0.1) is 23.1 Å². The minimum atomic E-state index is -0.507. The smallest absolute Gasteiger partial charge is 0.257 e. The van der Waals surface area contributed by atoms with Crippen molar-refractivity contribution in [3.63, 3.8) is 0 Å². The van der Waals surface area contributed by atoms with Gasteiger partial charge >= 0.3 is 0 Å². The lowest BCUT2D eigenvalue weighted by Gasteiger charge is -2.36. The van der Waals surface area contributed by atoms with Crippen LogP contribution in [-0.4, -0.2) is 42.8 Å². The van der Waals surface area contributed by atoms with Crippen molar-refractivity contribution < 1.29 is 18.4 Å². The normalized spacial score (nSPS) is 14.9. The van der Waals surface area contributed by atoms with Crippen LogP contribution in [0.4, 0.5) is 10.1 Å². The van der Waals surface area contributed by atoms with E-state index in [-0.39, 0.29) is 17.3 Å². The minimum absolute atomic E-state index is 0.0792. The number of amides is 1. The minimum Gasteiger partial charge on any atom is -0.472 e. The van der Waals surface area contributed by atoms with Gasteiger partial charge < -0.3 is 14.2 Å². The van der Waals surface area contributed by atoms with E-state index in [9.17, 15) is 14.0 Å². The molecule has 1 saturated heterocycles. The molecule has 1 aromatic carbocycles. The lowest BCUT2D eigenvalue weighted by molar-refractivity contribution is 0.0745. The third-order valence-electron chi connectivity index (χ3n) is 4.02. The van der Waals surface area contributed by atoms with E-state index in [0.29, 0.717) is 37.4 Å². The first-order valence-corrected chi connectivity index (χ1v) is 7.44. The number of Topliss-reactive ketones (excluding diaryl/α,β-unsaturated/α-hetero) is 1. The number of ketones is 1. The van der Waals surface area contributed by atoms with E-state index in [1.54, 1.807) is 23.1 Å². The van der Waals surface area contributed by atoms with Crippen molar-refractivity contribution in [1.29, 1.82) is 0 Å². The highest BCUT2D eigenvalue weighted by Gasteiger charge is 2.25. The fourth-order valence-electron chi connectivity index (χ4n) is 2.84. The largest absolute Gasteiger partial charge is 0.472 e. The van der Waals surface area contributed by atoms with Gasteiger partial charge in [-0.15, -0.1) is 0 Å². The zero-order valence-corrected chi connectivity index (χ0v) is 12.8. The second kappa shape index (κ2) is 6.24. The van der Waals surface area contributed by atoms with Crippen molar-refractivity contribution in [1.82, 2.24) is 4.90 Å². The van der Waals surface area contributed by atoms with E-state index in [1.165, 1.54) is 25.5 Å². The maximum Gasteiger partial charge on any atom is 0.257 e. The second-order valence-corrected chi connectivity index (χ2v) is 5.48. The van der Waals surface area contributed by atoms with E-state index in [0.717, 1.165) is 0 Å². The van der Waals surface area contributed by atoms with Crippen molar-refractivity contribution in [3.05, 3.63) is 53.7 Å². The van der Waals surface area contributed by atoms with Gasteiger partial charge in [-0.2, -0.15) is 0 Å². The standard InChI is InChI=1S/C17H17FN2O3/c1-12(21)16-14(18)3-2-4-15(16)19-6-8-20(9-7-19)17(22)13-5-10-23-11-13/h2-5,10-11H,6-9H2,1H3. The lowest BCUT2D eigenvalue weighted by atomic mass is 10.1. The molecule has 0 N–H and O–H groups in total. The van der Waals surface area contributed by atoms with E-state index < -0.39 is 5.82 Å². The highest BCUT2D eigenvalue weighted by molar-refractivity contribution is 6.00. The van der Waals surface area contributed by atoms with Crippen LogP contribution in [0.1, 0.15) is 27.6 Å². The summed E-state index contributed by atoms with van der Waals surface area (Å²) in [6.07, 6.45) is 2.89. The molecule has 0 radical (unpaired) electrons. The number of halogens is 1. The first-order valence-electron chi connectivity index (χ1n) is 7.44. The van der Waals surface area contributed by atoms with E-state index >= 15 is 0 Å². The zero-order chi connectivity index (χ0) is 16.4. The maximum atomic E-state index is 13.9. The number of nitrogens with zero attached hydrogens (tertiary/aromatic N) is 2. The van der Waals surface area contributed by atoms with Crippen LogP contribution in [-0.2, 0) is 0 Å². The Morgan fingerprint density at radius 2 is 1.87 bits per heavy atom. The number of anilines is 1. The molecule has 1 aliphatic heterocycles. The number of carbonyl (C=O) groups is 2. The second-order valence-electron chi connectivity index (χ2n) is 5.48. The first-order chi connectivity index (χ1) is 11.1. The number of carbonyl (C=O) groups excluding carboxylic acids is 2. The maximum absolute atomic E-state index is 13.9. The van der Waals surface area contributed by atoms with Crippen LogP contribution in [0.3, 0.4) is 0 Å². The molecule has 1 amide bonds. The van der Waals surface area contributed by atoms with Gasteiger partial charge in [0.25, 0.3) is 5.91 Å². The number of benzene rings is 1. The summed E-state index contributed by atoms with van der Waals surface area (Å²) in [6.45, 7) is 3.48. The number of hydrogen-bond acceptors (Lipinski definition) is 4. The van der Waals surface area contributed by atoms with Crippen LogP contribution in [0.25, 0.3) is 0 Å². The molecular formula is C17H17FN2O3. The van der Waals surface area contributed by atoms with Gasteiger partial charge in [0, 0.05) is 26.2 Å². The van der Waals surface area contributed by atoms with Crippen LogP contribution in [0.2, 0.25) is 0 Å². The number of piperazine rings is 1. The quantitative estimate of drug-likeness (QED) is 0.817. The highest BCUT2D eigenvalue weighted by atomic mass is 19.1. The van der Waals surface area contributed by atoms with E-state index in [4.69, 9.17) is 4.42 Å². The van der Waals surface area contributed by atoms with Gasteiger partial charge in [0.1, 0.15) is 12.1 Å². The Bertz CT molecular complexity index is 719. The molecule has 3 rings (SSSR count). The summed E-state index contributed by atoms with van der Waals surface area (Å²) in [6, 6.07) is 6.27. The monoisotopic (exact) mass is 316 g/mol. The van der Waals surface area contributed by atoms with Crippen molar-refractivity contribution in [2.75, 3.05) is 31.1 Å². The Kier molecular flexibility index (Phi) is 4.14. The predicted molar refractivity (Wildman–Crippen MR) is 83.2 cm³/mol. The average molecular weight is 316 g/mol. The fourth-order valence-corrected chi connectivity index (χ4v) is 2.84. The molecule has 1 aliphatic rings. The Balaban J connectivity index is 1.74. The van der Waals surface area contributed by atoms with Gasteiger partial charge in [0.15, 0.2) is 5.78 Å². The van der Waals surface area contributed by atoms with Gasteiger partial charge in [0.2, 0.25) is 0 Å². The topological polar surface area (TPSA) is 53.8 Å². The number of furan rings is 1. The third-order valence-corrected chi connectivity index (χ3v) is 4.02. The third kappa shape index (κ3) is 2.97. The van der Waals surface area contributed by atoms with Crippen molar-refractivity contribution in [2.45, 2.75) is 6.92 Å². The van der Waals surface area contributed by atoms with Crippen LogP contribution in [0.15, 0.2) is 41.2 Å². The molecule has 0 saturated carbocycles. The van der Waals surface area contributed by atoms with Gasteiger partial charge in [-0.25, -0.2) is 4.39 Å². The Labute approximate surface area is 133 Å². The molecule has 0 bridgehead atoms. The summed E-state index contributed by atoms with van der Waals surface area (Å²) >= 11 is 0. The molecule has 5 nitrogen and oxygen atoms in total. The van der Waals surface area contributed by atoms with E-state index in [2.05, 4.69) is 0 Å². The number of rotatable bonds is 3. The van der Waals surface area contributed by atoms with Crippen molar-refractivity contribution >= 4 is 17.4 Å². The van der Waals surface area contributed by atoms with Gasteiger partial charge in [-0.05, 0) is 25.1 Å². The molecule has 23 heavy (non-hydrogen) atoms. The molecule has 2 aromatic rings. The molecule has 0 atom stereocenters. The molecule has 120 valence electrons. The van der Waals surface area contributed by atoms with Crippen LogP contribution in [0.5, 0.6) is 0 Å². The molecule has 1 aromatic heterocycles. The number of hydrogen-bond donors (Lipinski definition) is 0. The Morgan fingerprint density at radius 3 is 2.48 bits per heavy atom. The summed E-state index contributed by atoms with van der Waals surface area (Å²) < 4.78 is 18.9. The zero-order valence-electron chi connectivity index (χ0n) is 12.8. The summed E-state index contributed by atoms with van der Waals surface area (Å²) in [4.78, 5) is 27.7. The van der Waals surface area contributed by atoms with Gasteiger partial charge in [-0.3, -0.25) is 9.59 Å². The van der Waals surface area contributed by atoms with Crippen molar-refractivity contribution in [2.24, 2.45) is 0 Å². The predicted octanol–water partition coefficient (Wildman–Crippen LogP) is 2.58. The highest BCUT2D eigenvalue weighted by Crippen LogP contribution is 2.25. The molecule has 0 aliphatic carbocycles. The molecule has 0 unspecified atom stereocenters. The van der Waals surface area contributed by atoms with Crippen LogP contribution in [0, 0.1) is 5.82 Å². The van der Waals surface area contributed by atoms with Crippen LogP contribution >= 0.6 is 0 Å². The fraction of sp³-hybridized carbons (Fsp3) is 0.294. The lowest BCUT2D eigenvalue weighted by Crippen LogP contribution is -2.49. The first kappa shape index (κ1) is 15.3. The van der Waals surface area contributed by atoms with Crippen molar-refractivity contribution in [3.8, 4) is 0 Å². The Morgan fingerprint density at radius 1 is 1.13 bits per heavy atom. The van der Waals surface area contributed by atoms with Gasteiger partial charge in [-0.1, -0.05) is 6.07 Å². The Hall–Kier alpha value is -2.63. The summed E-state index contributed by atoms with van der Waals surface area (Å²) in [5.41, 5.74) is 1.23. The summed E-state index contributed by atoms with van der Waals surface area (Å²) in [5.74, 6) is -0.883. The molecule has 0 spiro atoms. The van der Waals surface area contributed by atoms with Crippen LogP contribution < -0.4 is 4.90 Å². The molecule has 1 fully saturated rings. The summed E-state index contributed by atoms with van der Waals surface area (Å²) in [7, 11) is 0. The molecule has 6 heteroatoms.